The number of β-amino-alcohol motifs (C(OH)–C–C–N with tert-alkyl or cyclic N) is 1. The Morgan fingerprint density at radius 1 is 0.662 bits per heavy atom. The van der Waals surface area contributed by atoms with Crippen molar-refractivity contribution >= 4 is 65.0 Å². The average molecular weight is 967 g/mol. The average Bonchev–Trinajstić information content (AvgIpc) is 3.94. The monoisotopic (exact) mass is 967 g/mol. The molecule has 0 unspecified atom stereocenters. The van der Waals surface area contributed by atoms with E-state index in [9.17, 15) is 63.0 Å². The number of unbranched alkanes of at least 4 members (excludes halogenated alkanes) is 1. The number of nitrogens with one attached hydrogen (secondary N) is 9. The summed E-state index contributed by atoms with van der Waals surface area (Å²) < 4.78 is 0. The fourth-order valence-electron chi connectivity index (χ4n) is 7.52. The van der Waals surface area contributed by atoms with E-state index in [1.807, 2.05) is 0 Å². The summed E-state index contributed by atoms with van der Waals surface area (Å²) >= 11 is 0. The zero-order valence-corrected chi connectivity index (χ0v) is 39.9. The van der Waals surface area contributed by atoms with E-state index in [2.05, 4.69) is 47.9 Å². The SMILES string of the molecule is CC(C)C[C@H](NC(=O)CNC(=O)[C@H](CC(C)C)NC(=O)[C@H](CCC(N)=O)NC(=O)[C@H](C)NC(=O)[C@H]1C[C@H](O)CN1)C(=O)N[C@@H](C)C(=O)NCC(=O)N1CCC[C@H]1C(=O)N[C@@H](CCCCN)C(=O)O. The lowest BCUT2D eigenvalue weighted by Gasteiger charge is -2.26. The molecular weight excluding hydrogens is 893 g/mol. The number of likely N-dealkylation sites (tertiary alicyclic amines) is 1. The zero-order valence-electron chi connectivity index (χ0n) is 39.9. The van der Waals surface area contributed by atoms with Crippen molar-refractivity contribution in [2.75, 3.05) is 32.7 Å². The van der Waals surface area contributed by atoms with Crippen molar-refractivity contribution in [1.29, 1.82) is 0 Å². The van der Waals surface area contributed by atoms with Crippen LogP contribution in [0.4, 0.5) is 0 Å². The van der Waals surface area contributed by atoms with E-state index in [4.69, 9.17) is 11.5 Å². The molecular formula is C43H74N12O13. The highest BCUT2D eigenvalue weighted by Gasteiger charge is 2.37. The number of amides is 10. The standard InChI is InChI=1S/C43H74N12O13/c1-22(2)16-30(54-39(63)27(12-13-33(45)57)52-37(61)25(6)50-40(64)29-18-26(56)19-46-29)38(62)47-20-34(58)51-31(17-23(3)4)41(65)49-24(5)36(60)48-21-35(59)55-15-9-11-32(55)42(66)53-28(43(67)68)10-7-8-14-44/h22-32,46,56H,7-21,44H2,1-6H3,(H2,45,57)(H,47,62)(H,48,60)(H,49,65)(H,50,64)(H,51,58)(H,52,61)(H,53,66)(H,54,63)(H,67,68)/t24-,25-,26-,27-,28-,29+,30-,31-,32-/m0/s1. The number of primary amides is 1. The molecule has 0 spiro atoms. The van der Waals surface area contributed by atoms with Crippen molar-refractivity contribution in [2.45, 2.75) is 160 Å². The minimum atomic E-state index is -1.36. The maximum atomic E-state index is 13.5. The van der Waals surface area contributed by atoms with Gasteiger partial charge in [-0.25, -0.2) is 4.79 Å². The number of carbonyl (C=O) groups excluding carboxylic acids is 10. The number of rotatable bonds is 29. The molecule has 0 bridgehead atoms. The molecule has 25 nitrogen and oxygen atoms in total. The van der Waals surface area contributed by atoms with Crippen molar-refractivity contribution in [3.05, 3.63) is 0 Å². The molecule has 25 heteroatoms. The van der Waals surface area contributed by atoms with E-state index in [0.29, 0.717) is 32.2 Å². The normalized spacial score (nSPS) is 19.3. The van der Waals surface area contributed by atoms with Crippen molar-refractivity contribution in [3.8, 4) is 0 Å². The maximum absolute atomic E-state index is 13.5. The van der Waals surface area contributed by atoms with Gasteiger partial charge in [-0.1, -0.05) is 27.7 Å². The highest BCUT2D eigenvalue weighted by molar-refractivity contribution is 5.97. The molecule has 0 aromatic heterocycles. The fraction of sp³-hybridized carbons (Fsp3) is 0.744. The molecule has 2 saturated heterocycles. The Bertz CT molecular complexity index is 1800. The van der Waals surface area contributed by atoms with Crippen LogP contribution in [0.2, 0.25) is 0 Å². The molecule has 9 atom stereocenters. The number of hydrogen-bond acceptors (Lipinski definition) is 14. The topological polar surface area (TPSA) is 392 Å². The number of carbonyl (C=O) groups is 11. The molecule has 0 radical (unpaired) electrons. The van der Waals surface area contributed by atoms with E-state index in [0.717, 1.165) is 0 Å². The number of nitrogens with zero attached hydrogens (tertiary/aromatic N) is 1. The third kappa shape index (κ3) is 20.5. The minimum absolute atomic E-state index is 0.0867. The smallest absolute Gasteiger partial charge is 0.326 e. The quantitative estimate of drug-likeness (QED) is 0.0314. The lowest BCUT2D eigenvalue weighted by atomic mass is 10.0. The third-order valence-electron chi connectivity index (χ3n) is 11.2. The molecule has 0 aromatic carbocycles. The van der Waals surface area contributed by atoms with Crippen LogP contribution in [-0.2, 0) is 52.7 Å². The van der Waals surface area contributed by atoms with Gasteiger partial charge >= 0.3 is 5.97 Å². The summed E-state index contributed by atoms with van der Waals surface area (Å²) in [6, 6.07) is -8.88. The van der Waals surface area contributed by atoms with Gasteiger partial charge in [-0.05, 0) is 90.0 Å². The molecule has 2 rings (SSSR count). The molecule has 2 fully saturated rings. The van der Waals surface area contributed by atoms with Crippen LogP contribution >= 0.6 is 0 Å². The van der Waals surface area contributed by atoms with Crippen LogP contribution in [0.3, 0.4) is 0 Å². The third-order valence-corrected chi connectivity index (χ3v) is 11.2. The molecule has 2 aliphatic rings. The Balaban J connectivity index is 2.00. The van der Waals surface area contributed by atoms with E-state index < -0.39 is 133 Å². The maximum Gasteiger partial charge on any atom is 0.326 e. The summed E-state index contributed by atoms with van der Waals surface area (Å²) in [7, 11) is 0. The minimum Gasteiger partial charge on any atom is -0.480 e. The van der Waals surface area contributed by atoms with Crippen LogP contribution in [0, 0.1) is 11.8 Å². The summed E-state index contributed by atoms with van der Waals surface area (Å²) in [6.45, 7) is 9.53. The lowest BCUT2D eigenvalue weighted by Crippen LogP contribution is -2.58. The number of aliphatic hydroxyl groups excluding tert-OH is 1. The van der Waals surface area contributed by atoms with Gasteiger partial charge in [-0.2, -0.15) is 0 Å². The lowest BCUT2D eigenvalue weighted by molar-refractivity contribution is -0.144. The van der Waals surface area contributed by atoms with E-state index in [1.54, 1.807) is 27.7 Å². The molecule has 2 heterocycles. The summed E-state index contributed by atoms with van der Waals surface area (Å²) in [4.78, 5) is 143. The van der Waals surface area contributed by atoms with Crippen LogP contribution in [0.15, 0.2) is 0 Å². The summed E-state index contributed by atoms with van der Waals surface area (Å²) in [5.41, 5.74) is 10.8. The Morgan fingerprint density at radius 3 is 1.82 bits per heavy atom. The number of carboxylic acid groups (broad SMARTS) is 1. The van der Waals surface area contributed by atoms with Gasteiger partial charge in [0.1, 0.15) is 42.3 Å². The van der Waals surface area contributed by atoms with Gasteiger partial charge < -0.3 is 74.4 Å². The summed E-state index contributed by atoms with van der Waals surface area (Å²) in [5, 5.41) is 42.1. The molecule has 384 valence electrons. The van der Waals surface area contributed by atoms with Crippen LogP contribution in [0.5, 0.6) is 0 Å². The Morgan fingerprint density at radius 2 is 1.25 bits per heavy atom. The van der Waals surface area contributed by atoms with Gasteiger partial charge in [-0.15, -0.1) is 0 Å². The predicted molar refractivity (Wildman–Crippen MR) is 244 cm³/mol. The molecule has 10 amide bonds. The van der Waals surface area contributed by atoms with Gasteiger partial charge in [0, 0.05) is 19.5 Å². The first-order valence-corrected chi connectivity index (χ1v) is 23.2. The van der Waals surface area contributed by atoms with Gasteiger partial charge in [0.05, 0.1) is 25.2 Å². The number of nitrogens with two attached hydrogens (primary N) is 2. The van der Waals surface area contributed by atoms with Gasteiger partial charge in [0.2, 0.25) is 59.1 Å². The van der Waals surface area contributed by atoms with Crippen LogP contribution in [-0.4, -0.2) is 167 Å². The second kappa shape index (κ2) is 29.1. The van der Waals surface area contributed by atoms with Crippen LogP contribution in [0.25, 0.3) is 0 Å². The Labute approximate surface area is 396 Å². The van der Waals surface area contributed by atoms with E-state index in [-0.39, 0.29) is 63.5 Å². The van der Waals surface area contributed by atoms with Crippen molar-refractivity contribution in [3.63, 3.8) is 0 Å². The van der Waals surface area contributed by atoms with Crippen LogP contribution in [0.1, 0.15) is 106 Å². The van der Waals surface area contributed by atoms with Gasteiger partial charge in [0.15, 0.2) is 0 Å². The van der Waals surface area contributed by atoms with Crippen molar-refractivity contribution in [2.24, 2.45) is 23.3 Å². The Hall–Kier alpha value is -5.95. The first kappa shape index (κ1) is 58.2. The second-order valence-electron chi connectivity index (χ2n) is 18.2. The highest BCUT2D eigenvalue weighted by atomic mass is 16.4. The van der Waals surface area contributed by atoms with E-state index in [1.165, 1.54) is 18.7 Å². The number of aliphatic carboxylic acids is 1. The second-order valence-corrected chi connectivity index (χ2v) is 18.2. The zero-order chi connectivity index (χ0) is 51.2. The molecule has 68 heavy (non-hydrogen) atoms. The fourth-order valence-corrected chi connectivity index (χ4v) is 7.52. The summed E-state index contributed by atoms with van der Waals surface area (Å²) in [5.74, 6) is -8.66. The molecule has 0 saturated carbocycles. The number of carboxylic acids is 1. The largest absolute Gasteiger partial charge is 0.480 e. The number of hydrogen-bond donors (Lipinski definition) is 13. The van der Waals surface area contributed by atoms with Crippen LogP contribution < -0.4 is 59.3 Å². The number of aliphatic hydroxyl groups is 1. The molecule has 2 aliphatic heterocycles. The van der Waals surface area contributed by atoms with Gasteiger partial charge in [-0.3, -0.25) is 47.9 Å². The van der Waals surface area contributed by atoms with E-state index >= 15 is 0 Å². The molecule has 0 aliphatic carbocycles. The Kier molecular flexibility index (Phi) is 24.9. The molecule has 0 aromatic rings. The summed E-state index contributed by atoms with van der Waals surface area (Å²) in [6.07, 6.45) is 1.10. The first-order valence-electron chi connectivity index (χ1n) is 23.2. The van der Waals surface area contributed by atoms with Gasteiger partial charge in [0.25, 0.3) is 0 Å². The predicted octanol–water partition coefficient (Wildman–Crippen LogP) is -4.55. The van der Waals surface area contributed by atoms with Crippen molar-refractivity contribution < 1.29 is 63.0 Å². The molecule has 15 N–H and O–H groups in total. The highest BCUT2D eigenvalue weighted by Crippen LogP contribution is 2.18. The van der Waals surface area contributed by atoms with Crippen molar-refractivity contribution in [1.82, 2.24) is 52.8 Å². The first-order chi connectivity index (χ1) is 31.9.